The van der Waals surface area contributed by atoms with Crippen LogP contribution >= 0.6 is 11.3 Å². The van der Waals surface area contributed by atoms with Crippen LogP contribution in [0.5, 0.6) is 5.75 Å². The second-order valence-electron chi connectivity index (χ2n) is 10.2. The zero-order valence-electron chi connectivity index (χ0n) is 23.9. The van der Waals surface area contributed by atoms with E-state index in [-0.39, 0.29) is 33.2 Å². The van der Waals surface area contributed by atoms with Gasteiger partial charge in [-0.2, -0.15) is 0 Å². The molecule has 1 aliphatic heterocycles. The Hall–Kier alpha value is -4.59. The van der Waals surface area contributed by atoms with Crippen LogP contribution in [0, 0.1) is 0 Å². The van der Waals surface area contributed by atoms with E-state index in [1.165, 1.54) is 41.7 Å². The molecule has 2 amide bonds. The number of carbonyl (C=O) groups is 3. The first-order chi connectivity index (χ1) is 21.0. The highest BCUT2D eigenvalue weighted by Crippen LogP contribution is 2.34. The molecule has 3 aromatic carbocycles. The number of sulfone groups is 1. The Kier molecular flexibility index (Phi) is 9.09. The molecule has 1 atom stereocenters. The van der Waals surface area contributed by atoms with Gasteiger partial charge in [-0.25, -0.2) is 13.4 Å². The molecule has 1 aliphatic rings. The van der Waals surface area contributed by atoms with Gasteiger partial charge in [-0.05, 0) is 75.0 Å². The second kappa shape index (κ2) is 13.0. The molecule has 3 N–H and O–H groups in total. The number of fused-ring (bicyclic) bond motifs is 2. The monoisotopic (exact) mass is 634 g/mol. The third-order valence-corrected chi connectivity index (χ3v) is 10.1. The van der Waals surface area contributed by atoms with Crippen molar-refractivity contribution in [1.82, 2.24) is 15.2 Å². The molecule has 0 radical (unpaired) electrons. The van der Waals surface area contributed by atoms with Gasteiger partial charge in [-0.3, -0.25) is 19.3 Å². The van der Waals surface area contributed by atoms with Crippen LogP contribution in [0.15, 0.2) is 82.7 Å². The lowest BCUT2D eigenvalue weighted by molar-refractivity contribution is -0.142. The van der Waals surface area contributed by atoms with Crippen molar-refractivity contribution < 1.29 is 32.6 Å². The van der Waals surface area contributed by atoms with Crippen LogP contribution in [0.25, 0.3) is 10.6 Å². The lowest BCUT2D eigenvalue weighted by Gasteiger charge is -2.20. The van der Waals surface area contributed by atoms with Crippen LogP contribution in [0.3, 0.4) is 0 Å². The number of carboxylic acids is 1. The van der Waals surface area contributed by atoms with E-state index in [4.69, 9.17) is 9.84 Å². The SMILES string of the molecule is C[C@@H](C(=O)O)N(C)CCCOc1ccc(-c2ncc(CNC(=O)c3ccc4c(c3)NC(=O)c3ccccc3S4(=O)=O)s2)cc1. The van der Waals surface area contributed by atoms with E-state index in [1.807, 2.05) is 24.3 Å². The number of aromatic nitrogens is 1. The number of amides is 2. The number of likely N-dealkylation sites (N-methyl/N-ethyl adjacent to an activating group) is 1. The Morgan fingerprint density at radius 3 is 2.59 bits per heavy atom. The molecule has 0 aliphatic carbocycles. The first-order valence-electron chi connectivity index (χ1n) is 13.7. The van der Waals surface area contributed by atoms with Gasteiger partial charge in [-0.1, -0.05) is 12.1 Å². The maximum atomic E-state index is 13.2. The highest BCUT2D eigenvalue weighted by Gasteiger charge is 2.31. The van der Waals surface area contributed by atoms with Crippen molar-refractivity contribution in [1.29, 1.82) is 0 Å². The van der Waals surface area contributed by atoms with Gasteiger partial charge in [-0.15, -0.1) is 11.3 Å². The number of anilines is 1. The fraction of sp³-hybridized carbons (Fsp3) is 0.226. The first kappa shape index (κ1) is 30.9. The summed E-state index contributed by atoms with van der Waals surface area (Å²) in [6, 6.07) is 17.0. The van der Waals surface area contributed by atoms with E-state index in [1.54, 1.807) is 37.2 Å². The molecule has 2 heterocycles. The van der Waals surface area contributed by atoms with E-state index in [0.29, 0.717) is 25.3 Å². The van der Waals surface area contributed by atoms with Crippen LogP contribution < -0.4 is 15.4 Å². The molecule has 1 aromatic heterocycles. The number of nitrogens with zero attached hydrogens (tertiary/aromatic N) is 2. The van der Waals surface area contributed by atoms with Gasteiger partial charge in [0, 0.05) is 28.7 Å². The summed E-state index contributed by atoms with van der Waals surface area (Å²) >= 11 is 1.42. The molecule has 0 saturated carbocycles. The Morgan fingerprint density at radius 2 is 1.84 bits per heavy atom. The van der Waals surface area contributed by atoms with Gasteiger partial charge in [0.15, 0.2) is 0 Å². The third kappa shape index (κ3) is 6.64. The maximum absolute atomic E-state index is 13.2. The lowest BCUT2D eigenvalue weighted by atomic mass is 10.1. The van der Waals surface area contributed by atoms with Crippen molar-refractivity contribution in [3.05, 3.63) is 88.9 Å². The highest BCUT2D eigenvalue weighted by molar-refractivity contribution is 7.91. The van der Waals surface area contributed by atoms with E-state index in [2.05, 4.69) is 15.6 Å². The third-order valence-electron chi connectivity index (χ3n) is 7.22. The zero-order chi connectivity index (χ0) is 31.4. The topological polar surface area (TPSA) is 155 Å². The van der Waals surface area contributed by atoms with E-state index >= 15 is 0 Å². The summed E-state index contributed by atoms with van der Waals surface area (Å²) in [4.78, 5) is 43.6. The van der Waals surface area contributed by atoms with Crippen molar-refractivity contribution in [2.24, 2.45) is 0 Å². The number of carboxylic acid groups (broad SMARTS) is 1. The highest BCUT2D eigenvalue weighted by atomic mass is 32.2. The van der Waals surface area contributed by atoms with E-state index in [9.17, 15) is 22.8 Å². The molecule has 0 bridgehead atoms. The van der Waals surface area contributed by atoms with Crippen LogP contribution in [0.4, 0.5) is 5.69 Å². The molecule has 228 valence electrons. The van der Waals surface area contributed by atoms with Gasteiger partial charge < -0.3 is 20.5 Å². The number of ether oxygens (including phenoxy) is 1. The summed E-state index contributed by atoms with van der Waals surface area (Å²) in [5, 5.41) is 15.3. The number of benzene rings is 3. The summed E-state index contributed by atoms with van der Waals surface area (Å²) < 4.78 is 32.2. The van der Waals surface area contributed by atoms with Gasteiger partial charge in [0.25, 0.3) is 11.8 Å². The number of hydrogen-bond acceptors (Lipinski definition) is 9. The summed E-state index contributed by atoms with van der Waals surface area (Å²) in [6.45, 7) is 2.91. The Labute approximate surface area is 258 Å². The summed E-state index contributed by atoms with van der Waals surface area (Å²) in [5.41, 5.74) is 1.18. The molecule has 4 aromatic rings. The maximum Gasteiger partial charge on any atom is 0.320 e. The quantitative estimate of drug-likeness (QED) is 0.205. The number of carbonyl (C=O) groups excluding carboxylic acids is 2. The smallest absolute Gasteiger partial charge is 0.320 e. The van der Waals surface area contributed by atoms with Crippen molar-refractivity contribution in [3.8, 4) is 16.3 Å². The first-order valence-corrected chi connectivity index (χ1v) is 16.0. The van der Waals surface area contributed by atoms with Crippen LogP contribution in [-0.4, -0.2) is 67.4 Å². The Morgan fingerprint density at radius 1 is 1.09 bits per heavy atom. The lowest BCUT2D eigenvalue weighted by Crippen LogP contribution is -2.36. The molecule has 5 rings (SSSR count). The molecule has 44 heavy (non-hydrogen) atoms. The van der Waals surface area contributed by atoms with Crippen molar-refractivity contribution in [3.63, 3.8) is 0 Å². The number of thiazole rings is 1. The minimum atomic E-state index is -3.96. The number of aliphatic carboxylic acids is 1. The fourth-order valence-corrected chi connectivity index (χ4v) is 7.02. The minimum absolute atomic E-state index is 0.0468. The summed E-state index contributed by atoms with van der Waals surface area (Å²) in [7, 11) is -2.19. The normalized spacial score (nSPS) is 14.1. The molecule has 0 fully saturated rings. The molecule has 0 saturated heterocycles. The summed E-state index contributed by atoms with van der Waals surface area (Å²) in [6.07, 6.45) is 2.37. The molecule has 13 heteroatoms. The Balaban J connectivity index is 1.16. The number of nitrogens with one attached hydrogen (secondary N) is 2. The van der Waals surface area contributed by atoms with Gasteiger partial charge in [0.05, 0.1) is 34.2 Å². The van der Waals surface area contributed by atoms with Gasteiger partial charge in [0.2, 0.25) is 9.84 Å². The number of rotatable bonds is 11. The zero-order valence-corrected chi connectivity index (χ0v) is 25.6. The Bertz CT molecular complexity index is 1820. The average Bonchev–Trinajstić information content (AvgIpc) is 3.47. The standard InChI is InChI=1S/C31H30N4O7S2/c1-19(31(38)39)35(2)14-5-15-42-22-11-8-20(9-12-22)30-33-18-23(43-30)17-32-28(36)21-10-13-27-25(16-21)34-29(37)24-6-3-4-7-26(24)44(27,40)41/h3-4,6-13,16,18-19H,5,14-15,17H2,1-2H3,(H,32,36)(H,34,37)(H,38,39)/t19-/m0/s1. The summed E-state index contributed by atoms with van der Waals surface area (Å²) in [5.74, 6) is -1.15. The molecule has 11 nitrogen and oxygen atoms in total. The van der Waals surface area contributed by atoms with Crippen molar-refractivity contribution in [2.75, 3.05) is 25.5 Å². The molecule has 0 unspecified atom stereocenters. The largest absolute Gasteiger partial charge is 0.494 e. The molecular weight excluding hydrogens is 604 g/mol. The van der Waals surface area contributed by atoms with Crippen LogP contribution in [0.1, 0.15) is 38.9 Å². The van der Waals surface area contributed by atoms with E-state index in [0.717, 1.165) is 15.4 Å². The fourth-order valence-electron chi connectivity index (χ4n) is 4.57. The van der Waals surface area contributed by atoms with Crippen LogP contribution in [-0.2, 0) is 21.2 Å². The molecule has 0 spiro atoms. The van der Waals surface area contributed by atoms with E-state index < -0.39 is 33.7 Å². The second-order valence-corrected chi connectivity index (χ2v) is 13.2. The minimum Gasteiger partial charge on any atom is -0.494 e. The predicted molar refractivity (Wildman–Crippen MR) is 165 cm³/mol. The molecular formula is C31H30N4O7S2. The van der Waals surface area contributed by atoms with Crippen molar-refractivity contribution in [2.45, 2.75) is 35.7 Å². The van der Waals surface area contributed by atoms with Crippen molar-refractivity contribution >= 4 is 44.6 Å². The van der Waals surface area contributed by atoms with Gasteiger partial charge >= 0.3 is 5.97 Å². The number of hydrogen-bond donors (Lipinski definition) is 3. The van der Waals surface area contributed by atoms with Gasteiger partial charge in [0.1, 0.15) is 16.8 Å². The average molecular weight is 635 g/mol. The van der Waals surface area contributed by atoms with Crippen LogP contribution in [0.2, 0.25) is 0 Å². The predicted octanol–water partition coefficient (Wildman–Crippen LogP) is 4.31.